The maximum Gasteiger partial charge on any atom is 0.338 e. The van der Waals surface area contributed by atoms with Crippen LogP contribution in [0.1, 0.15) is 26.4 Å². The zero-order chi connectivity index (χ0) is 18.5. The van der Waals surface area contributed by atoms with Crippen LogP contribution in [0.4, 0.5) is 0 Å². The fourth-order valence-electron chi connectivity index (χ4n) is 2.31. The highest BCUT2D eigenvalue weighted by molar-refractivity contribution is 7.13. The third-order valence-electron chi connectivity index (χ3n) is 3.65. The minimum atomic E-state index is -0.545. The Bertz CT molecular complexity index is 935. The molecular formula is C19H16N2O4S. The molecule has 6 nitrogen and oxygen atoms in total. The second-order valence-corrected chi connectivity index (χ2v) is 6.22. The first-order valence-corrected chi connectivity index (χ1v) is 8.61. The molecule has 0 unspecified atom stereocenters. The molecule has 2 aromatic carbocycles. The van der Waals surface area contributed by atoms with Crippen molar-refractivity contribution in [2.75, 3.05) is 7.11 Å². The molecule has 0 atom stereocenters. The average Bonchev–Trinajstić information content (AvgIpc) is 3.15. The lowest BCUT2D eigenvalue weighted by molar-refractivity contribution is 0.0468. The third kappa shape index (κ3) is 3.89. The summed E-state index contributed by atoms with van der Waals surface area (Å²) in [6, 6.07) is 13.6. The van der Waals surface area contributed by atoms with Crippen LogP contribution in [0, 0.1) is 0 Å². The molecule has 26 heavy (non-hydrogen) atoms. The summed E-state index contributed by atoms with van der Waals surface area (Å²) in [5, 5.41) is 2.63. The van der Waals surface area contributed by atoms with E-state index in [4.69, 9.17) is 15.2 Å². The number of thiazole rings is 1. The number of hydrogen-bond acceptors (Lipinski definition) is 6. The molecule has 0 aliphatic rings. The number of benzene rings is 2. The van der Waals surface area contributed by atoms with E-state index in [2.05, 4.69) is 4.98 Å². The van der Waals surface area contributed by atoms with Gasteiger partial charge in [-0.1, -0.05) is 12.1 Å². The molecule has 1 aromatic heterocycles. The number of nitrogens with two attached hydrogens (primary N) is 1. The number of carbonyl (C=O) groups is 2. The monoisotopic (exact) mass is 368 g/mol. The Balaban J connectivity index is 1.66. The quantitative estimate of drug-likeness (QED) is 0.674. The number of aromatic nitrogens is 1. The molecule has 1 heterocycles. The summed E-state index contributed by atoms with van der Waals surface area (Å²) in [7, 11) is 1.61. The summed E-state index contributed by atoms with van der Waals surface area (Å²) < 4.78 is 10.6. The Morgan fingerprint density at radius 1 is 1.08 bits per heavy atom. The molecule has 7 heteroatoms. The smallest absolute Gasteiger partial charge is 0.338 e. The van der Waals surface area contributed by atoms with E-state index in [-0.39, 0.29) is 6.61 Å². The van der Waals surface area contributed by atoms with Gasteiger partial charge in [0.1, 0.15) is 17.4 Å². The number of esters is 1. The SMILES string of the molecule is COc1ccccc1-c1nc(COC(=O)c2ccc(C(N)=O)cc2)cs1. The minimum absolute atomic E-state index is 0.0576. The molecule has 2 N–H and O–H groups in total. The van der Waals surface area contributed by atoms with Crippen molar-refractivity contribution in [1.29, 1.82) is 0 Å². The van der Waals surface area contributed by atoms with Crippen molar-refractivity contribution in [3.05, 3.63) is 70.7 Å². The van der Waals surface area contributed by atoms with Crippen molar-refractivity contribution in [3.63, 3.8) is 0 Å². The second-order valence-electron chi connectivity index (χ2n) is 5.36. The van der Waals surface area contributed by atoms with Gasteiger partial charge in [-0.2, -0.15) is 0 Å². The maximum absolute atomic E-state index is 12.1. The van der Waals surface area contributed by atoms with Crippen molar-refractivity contribution >= 4 is 23.2 Å². The largest absolute Gasteiger partial charge is 0.496 e. The van der Waals surface area contributed by atoms with E-state index in [1.165, 1.54) is 35.6 Å². The average molecular weight is 368 g/mol. The third-order valence-corrected chi connectivity index (χ3v) is 4.57. The fourth-order valence-corrected chi connectivity index (χ4v) is 3.15. The van der Waals surface area contributed by atoms with Crippen LogP contribution < -0.4 is 10.5 Å². The lowest BCUT2D eigenvalue weighted by Gasteiger charge is -2.05. The standard InChI is InChI=1S/C19H16N2O4S/c1-24-16-5-3-2-4-15(16)18-21-14(11-26-18)10-25-19(23)13-8-6-12(7-9-13)17(20)22/h2-9,11H,10H2,1H3,(H2,20,22). The van der Waals surface area contributed by atoms with Gasteiger partial charge in [0, 0.05) is 10.9 Å². The van der Waals surface area contributed by atoms with Gasteiger partial charge in [0.05, 0.1) is 23.9 Å². The number of hydrogen-bond donors (Lipinski definition) is 1. The number of rotatable bonds is 6. The van der Waals surface area contributed by atoms with E-state index in [0.717, 1.165) is 16.3 Å². The molecule has 132 valence electrons. The molecule has 0 bridgehead atoms. The summed E-state index contributed by atoms with van der Waals surface area (Å²) in [4.78, 5) is 27.6. The summed E-state index contributed by atoms with van der Waals surface area (Å²) >= 11 is 1.45. The van der Waals surface area contributed by atoms with Crippen molar-refractivity contribution < 1.29 is 19.1 Å². The molecule has 0 aliphatic carbocycles. The van der Waals surface area contributed by atoms with Crippen LogP contribution in [0.15, 0.2) is 53.9 Å². The van der Waals surface area contributed by atoms with E-state index < -0.39 is 11.9 Å². The van der Waals surface area contributed by atoms with Gasteiger partial charge in [-0.25, -0.2) is 9.78 Å². The number of methoxy groups -OCH3 is 1. The fraction of sp³-hybridized carbons (Fsp3) is 0.105. The number of ether oxygens (including phenoxy) is 2. The number of carbonyl (C=O) groups excluding carboxylic acids is 2. The predicted octanol–water partition coefficient (Wildman–Crippen LogP) is 3.27. The number of para-hydroxylation sites is 1. The van der Waals surface area contributed by atoms with Gasteiger partial charge < -0.3 is 15.2 Å². The first kappa shape index (κ1) is 17.6. The van der Waals surface area contributed by atoms with Crippen LogP contribution in [0.25, 0.3) is 10.6 Å². The lowest BCUT2D eigenvalue weighted by Crippen LogP contribution is -2.11. The van der Waals surface area contributed by atoms with Gasteiger partial charge in [-0.3, -0.25) is 4.79 Å². The van der Waals surface area contributed by atoms with Crippen LogP contribution in [-0.4, -0.2) is 24.0 Å². The Labute approximate surface area is 154 Å². The van der Waals surface area contributed by atoms with Crippen molar-refractivity contribution in [2.24, 2.45) is 5.73 Å². The Kier molecular flexibility index (Phi) is 5.28. The molecule has 3 rings (SSSR count). The maximum atomic E-state index is 12.1. The number of nitrogens with zero attached hydrogens (tertiary/aromatic N) is 1. The van der Waals surface area contributed by atoms with E-state index in [1.807, 2.05) is 29.6 Å². The first-order valence-electron chi connectivity index (χ1n) is 7.73. The van der Waals surface area contributed by atoms with Crippen LogP contribution in [-0.2, 0) is 11.3 Å². The zero-order valence-electron chi connectivity index (χ0n) is 14.0. The lowest BCUT2D eigenvalue weighted by atomic mass is 10.1. The number of primary amides is 1. The zero-order valence-corrected chi connectivity index (χ0v) is 14.8. The molecule has 0 fully saturated rings. The molecule has 1 amide bonds. The van der Waals surface area contributed by atoms with Crippen molar-refractivity contribution in [1.82, 2.24) is 4.98 Å². The first-order chi connectivity index (χ1) is 12.6. The Hall–Kier alpha value is -3.19. The molecule has 0 radical (unpaired) electrons. The molecule has 3 aromatic rings. The Morgan fingerprint density at radius 3 is 2.46 bits per heavy atom. The van der Waals surface area contributed by atoms with Gasteiger partial charge >= 0.3 is 5.97 Å². The van der Waals surface area contributed by atoms with Gasteiger partial charge in [0.15, 0.2) is 0 Å². The van der Waals surface area contributed by atoms with E-state index in [9.17, 15) is 9.59 Å². The van der Waals surface area contributed by atoms with Crippen LogP contribution >= 0.6 is 11.3 Å². The summed E-state index contributed by atoms with van der Waals surface area (Å²) in [6.07, 6.45) is 0. The van der Waals surface area contributed by atoms with Crippen LogP contribution in [0.3, 0.4) is 0 Å². The topological polar surface area (TPSA) is 91.5 Å². The summed E-state index contributed by atoms with van der Waals surface area (Å²) in [5.74, 6) is -0.302. The highest BCUT2D eigenvalue weighted by Crippen LogP contribution is 2.32. The normalized spacial score (nSPS) is 10.3. The summed E-state index contributed by atoms with van der Waals surface area (Å²) in [5.41, 5.74) is 7.39. The van der Waals surface area contributed by atoms with Crippen LogP contribution in [0.2, 0.25) is 0 Å². The van der Waals surface area contributed by atoms with Crippen molar-refractivity contribution in [3.8, 4) is 16.3 Å². The summed E-state index contributed by atoms with van der Waals surface area (Å²) in [6.45, 7) is 0.0576. The second kappa shape index (κ2) is 7.79. The highest BCUT2D eigenvalue weighted by Gasteiger charge is 2.12. The molecule has 0 saturated heterocycles. The number of amides is 1. The molecule has 0 spiro atoms. The van der Waals surface area contributed by atoms with E-state index >= 15 is 0 Å². The Morgan fingerprint density at radius 2 is 1.77 bits per heavy atom. The predicted molar refractivity (Wildman–Crippen MR) is 98.2 cm³/mol. The van der Waals surface area contributed by atoms with Gasteiger partial charge in [0.2, 0.25) is 5.91 Å². The van der Waals surface area contributed by atoms with Gasteiger partial charge in [-0.05, 0) is 36.4 Å². The van der Waals surface area contributed by atoms with Gasteiger partial charge in [0.25, 0.3) is 0 Å². The van der Waals surface area contributed by atoms with E-state index in [1.54, 1.807) is 7.11 Å². The molecule has 0 saturated carbocycles. The van der Waals surface area contributed by atoms with E-state index in [0.29, 0.717) is 16.8 Å². The van der Waals surface area contributed by atoms with Crippen LogP contribution in [0.5, 0.6) is 5.75 Å². The van der Waals surface area contributed by atoms with Gasteiger partial charge in [-0.15, -0.1) is 11.3 Å². The van der Waals surface area contributed by atoms with Crippen molar-refractivity contribution in [2.45, 2.75) is 6.61 Å². The minimum Gasteiger partial charge on any atom is -0.496 e. The molecular weight excluding hydrogens is 352 g/mol. The highest BCUT2D eigenvalue weighted by atomic mass is 32.1. The molecule has 0 aliphatic heterocycles.